The van der Waals surface area contributed by atoms with Crippen LogP contribution in [0.2, 0.25) is 10.0 Å². The van der Waals surface area contributed by atoms with Crippen molar-refractivity contribution >= 4 is 40.6 Å². The van der Waals surface area contributed by atoms with Gasteiger partial charge in [-0.2, -0.15) is 0 Å². The van der Waals surface area contributed by atoms with E-state index in [1.807, 2.05) is 0 Å². The second-order valence-corrected chi connectivity index (χ2v) is 6.35. The van der Waals surface area contributed by atoms with Gasteiger partial charge in [-0.1, -0.05) is 36.0 Å². The van der Waals surface area contributed by atoms with Gasteiger partial charge >= 0.3 is 0 Å². The Kier molecular flexibility index (Phi) is 4.98. The van der Waals surface area contributed by atoms with Crippen molar-refractivity contribution < 1.29 is 4.79 Å². The number of anilines is 2. The van der Waals surface area contributed by atoms with Gasteiger partial charge in [0.25, 0.3) is 5.91 Å². The van der Waals surface area contributed by atoms with Crippen LogP contribution in [0.1, 0.15) is 36.2 Å². The molecule has 0 radical (unpaired) electrons. The molecule has 1 aromatic heterocycles. The van der Waals surface area contributed by atoms with E-state index in [4.69, 9.17) is 23.2 Å². The van der Waals surface area contributed by atoms with E-state index in [-0.39, 0.29) is 11.9 Å². The highest BCUT2D eigenvalue weighted by Gasteiger charge is 2.18. The number of aromatic nitrogens is 2. The molecule has 0 spiro atoms. The van der Waals surface area contributed by atoms with E-state index in [1.54, 1.807) is 30.3 Å². The van der Waals surface area contributed by atoms with Gasteiger partial charge in [-0.15, -0.1) is 10.2 Å². The SMILES string of the molecule is O=C(NC1CCCC1)c1ccc(Nc2cc(Cl)ccc2Cl)nn1. The summed E-state index contributed by atoms with van der Waals surface area (Å²) in [5, 5.41) is 15.1. The topological polar surface area (TPSA) is 66.9 Å². The largest absolute Gasteiger partial charge is 0.348 e. The molecular weight excluding hydrogens is 335 g/mol. The lowest BCUT2D eigenvalue weighted by molar-refractivity contribution is 0.0932. The average Bonchev–Trinajstić information content (AvgIpc) is 3.04. The molecule has 1 heterocycles. The average molecular weight is 351 g/mol. The minimum atomic E-state index is -0.184. The van der Waals surface area contributed by atoms with Crippen LogP contribution in [0, 0.1) is 0 Å². The molecule has 23 heavy (non-hydrogen) atoms. The molecule has 120 valence electrons. The minimum Gasteiger partial charge on any atom is -0.348 e. The van der Waals surface area contributed by atoms with Crippen LogP contribution in [0.4, 0.5) is 11.5 Å². The van der Waals surface area contributed by atoms with Gasteiger partial charge < -0.3 is 10.6 Å². The number of nitrogens with zero attached hydrogens (tertiary/aromatic N) is 2. The molecule has 0 bridgehead atoms. The molecule has 1 saturated carbocycles. The molecule has 0 atom stereocenters. The lowest BCUT2D eigenvalue weighted by Gasteiger charge is -2.11. The van der Waals surface area contributed by atoms with E-state index >= 15 is 0 Å². The smallest absolute Gasteiger partial charge is 0.272 e. The number of amides is 1. The summed E-state index contributed by atoms with van der Waals surface area (Å²) in [6, 6.07) is 8.69. The van der Waals surface area contributed by atoms with E-state index in [0.29, 0.717) is 27.2 Å². The first-order valence-electron chi connectivity index (χ1n) is 7.48. The third-order valence-corrected chi connectivity index (χ3v) is 4.34. The third-order valence-electron chi connectivity index (χ3n) is 3.78. The number of halogens is 2. The molecule has 3 rings (SSSR count). The first-order chi connectivity index (χ1) is 11.1. The maximum Gasteiger partial charge on any atom is 0.272 e. The predicted octanol–water partition coefficient (Wildman–Crippen LogP) is 4.20. The Bertz CT molecular complexity index is 700. The Morgan fingerprint density at radius 2 is 1.87 bits per heavy atom. The zero-order chi connectivity index (χ0) is 16.2. The zero-order valence-electron chi connectivity index (χ0n) is 12.4. The van der Waals surface area contributed by atoms with Gasteiger partial charge in [0.05, 0.1) is 10.7 Å². The second kappa shape index (κ2) is 7.15. The van der Waals surface area contributed by atoms with Crippen LogP contribution in [0.5, 0.6) is 0 Å². The Hall–Kier alpha value is -1.85. The Labute approximate surface area is 144 Å². The summed E-state index contributed by atoms with van der Waals surface area (Å²) in [5.74, 6) is 0.309. The molecule has 2 N–H and O–H groups in total. The fourth-order valence-corrected chi connectivity index (χ4v) is 2.92. The molecule has 7 heteroatoms. The van der Waals surface area contributed by atoms with Crippen molar-refractivity contribution in [3.63, 3.8) is 0 Å². The number of nitrogens with one attached hydrogen (secondary N) is 2. The molecule has 1 aliphatic rings. The van der Waals surface area contributed by atoms with Crippen molar-refractivity contribution in [1.29, 1.82) is 0 Å². The quantitative estimate of drug-likeness (QED) is 0.866. The lowest BCUT2D eigenvalue weighted by Crippen LogP contribution is -2.33. The standard InChI is InChI=1S/C16H16Cl2N4O/c17-10-5-6-12(18)14(9-10)20-15-8-7-13(21-22-15)16(23)19-11-3-1-2-4-11/h5-9,11H,1-4H2,(H,19,23)(H,20,22). The molecule has 5 nitrogen and oxygen atoms in total. The summed E-state index contributed by atoms with van der Waals surface area (Å²) in [4.78, 5) is 12.1. The van der Waals surface area contributed by atoms with Crippen LogP contribution < -0.4 is 10.6 Å². The molecule has 1 aromatic carbocycles. The summed E-state index contributed by atoms with van der Waals surface area (Å²) in [6.07, 6.45) is 4.40. The van der Waals surface area contributed by atoms with Crippen molar-refractivity contribution in [3.8, 4) is 0 Å². The summed E-state index contributed by atoms with van der Waals surface area (Å²) < 4.78 is 0. The summed E-state index contributed by atoms with van der Waals surface area (Å²) in [5.41, 5.74) is 0.941. The number of carbonyl (C=O) groups excluding carboxylic acids is 1. The van der Waals surface area contributed by atoms with Crippen LogP contribution in [0.25, 0.3) is 0 Å². The van der Waals surface area contributed by atoms with E-state index in [2.05, 4.69) is 20.8 Å². The summed E-state index contributed by atoms with van der Waals surface area (Å²) in [7, 11) is 0. The normalized spacial score (nSPS) is 14.7. The highest BCUT2D eigenvalue weighted by molar-refractivity contribution is 6.35. The van der Waals surface area contributed by atoms with E-state index < -0.39 is 0 Å². The third kappa shape index (κ3) is 4.12. The van der Waals surface area contributed by atoms with Crippen molar-refractivity contribution in [2.24, 2.45) is 0 Å². The van der Waals surface area contributed by atoms with Gasteiger partial charge in [0, 0.05) is 11.1 Å². The molecule has 0 saturated heterocycles. The van der Waals surface area contributed by atoms with Gasteiger partial charge in [-0.05, 0) is 43.2 Å². The van der Waals surface area contributed by atoms with Gasteiger partial charge in [0.2, 0.25) is 0 Å². The van der Waals surface area contributed by atoms with Gasteiger partial charge in [-0.25, -0.2) is 0 Å². The summed E-state index contributed by atoms with van der Waals surface area (Å²) >= 11 is 12.0. The first-order valence-corrected chi connectivity index (χ1v) is 8.24. The highest BCUT2D eigenvalue weighted by atomic mass is 35.5. The Morgan fingerprint density at radius 3 is 2.57 bits per heavy atom. The molecule has 0 unspecified atom stereocenters. The fourth-order valence-electron chi connectivity index (χ4n) is 2.58. The van der Waals surface area contributed by atoms with Crippen LogP contribution in [-0.4, -0.2) is 22.1 Å². The van der Waals surface area contributed by atoms with Crippen molar-refractivity contribution in [2.75, 3.05) is 5.32 Å². The maximum absolute atomic E-state index is 12.1. The maximum atomic E-state index is 12.1. The molecule has 1 aliphatic carbocycles. The second-order valence-electron chi connectivity index (χ2n) is 5.51. The zero-order valence-corrected chi connectivity index (χ0v) is 13.9. The van der Waals surface area contributed by atoms with Crippen molar-refractivity contribution in [1.82, 2.24) is 15.5 Å². The number of benzene rings is 1. The summed E-state index contributed by atoms with van der Waals surface area (Å²) in [6.45, 7) is 0. The Morgan fingerprint density at radius 1 is 1.09 bits per heavy atom. The molecule has 1 fully saturated rings. The van der Waals surface area contributed by atoms with E-state index in [0.717, 1.165) is 12.8 Å². The number of hydrogen-bond donors (Lipinski definition) is 2. The van der Waals surface area contributed by atoms with Crippen molar-refractivity contribution in [2.45, 2.75) is 31.7 Å². The van der Waals surface area contributed by atoms with E-state index in [1.165, 1.54) is 12.8 Å². The number of hydrogen-bond acceptors (Lipinski definition) is 4. The lowest BCUT2D eigenvalue weighted by atomic mass is 10.2. The molecular formula is C16H16Cl2N4O. The van der Waals surface area contributed by atoms with Crippen molar-refractivity contribution in [3.05, 3.63) is 46.1 Å². The molecule has 0 aliphatic heterocycles. The fraction of sp³-hybridized carbons (Fsp3) is 0.312. The highest BCUT2D eigenvalue weighted by Crippen LogP contribution is 2.27. The van der Waals surface area contributed by atoms with Crippen LogP contribution >= 0.6 is 23.2 Å². The molecule has 2 aromatic rings. The molecule has 1 amide bonds. The first kappa shape index (κ1) is 16.0. The number of carbonyl (C=O) groups is 1. The Balaban J connectivity index is 1.66. The van der Waals surface area contributed by atoms with Gasteiger partial charge in [0.15, 0.2) is 11.5 Å². The monoisotopic (exact) mass is 350 g/mol. The van der Waals surface area contributed by atoms with Crippen LogP contribution in [0.3, 0.4) is 0 Å². The predicted molar refractivity (Wildman–Crippen MR) is 91.5 cm³/mol. The van der Waals surface area contributed by atoms with Crippen LogP contribution in [-0.2, 0) is 0 Å². The minimum absolute atomic E-state index is 0.184. The van der Waals surface area contributed by atoms with Gasteiger partial charge in [0.1, 0.15) is 0 Å². The van der Waals surface area contributed by atoms with Crippen LogP contribution in [0.15, 0.2) is 30.3 Å². The van der Waals surface area contributed by atoms with E-state index in [9.17, 15) is 4.79 Å². The number of rotatable bonds is 4. The van der Waals surface area contributed by atoms with Gasteiger partial charge in [-0.3, -0.25) is 4.79 Å².